The number of benzene rings is 3. The summed E-state index contributed by atoms with van der Waals surface area (Å²) < 4.78 is 7.55. The number of anilines is 1. The zero-order valence-electron chi connectivity index (χ0n) is 15.9. The lowest BCUT2D eigenvalue weighted by Gasteiger charge is -2.16. The van der Waals surface area contributed by atoms with Crippen molar-refractivity contribution >= 4 is 34.0 Å². The molecule has 3 N–H and O–H groups in total. The van der Waals surface area contributed by atoms with E-state index in [2.05, 4.69) is 23.2 Å². The van der Waals surface area contributed by atoms with Crippen molar-refractivity contribution < 1.29 is 9.84 Å². The van der Waals surface area contributed by atoms with Crippen molar-refractivity contribution in [2.75, 3.05) is 12.3 Å². The minimum Gasteiger partial charge on any atom is -0.491 e. The number of para-hydroxylation sites is 2. The second-order valence-electron chi connectivity index (χ2n) is 6.81. The Labute approximate surface area is 180 Å². The predicted octanol–water partition coefficient (Wildman–Crippen LogP) is 4.23. The van der Waals surface area contributed by atoms with Crippen LogP contribution in [0.1, 0.15) is 11.1 Å². The number of nitrogens with two attached hydrogens (primary N) is 1. The number of imidazole rings is 1. The number of aliphatic hydroxyl groups excluding tert-OH is 1. The van der Waals surface area contributed by atoms with Crippen molar-refractivity contribution in [3.8, 4) is 5.75 Å². The first-order valence-electron chi connectivity index (χ1n) is 9.34. The molecule has 6 heteroatoms. The molecule has 29 heavy (non-hydrogen) atoms. The topological polar surface area (TPSA) is 73.3 Å². The SMILES string of the molecule is Br.Nc1nc2cccc(Cc3ccccc3)c2n1CC(O)COc1ccccc1. The summed E-state index contributed by atoms with van der Waals surface area (Å²) in [5.74, 6) is 1.13. The summed E-state index contributed by atoms with van der Waals surface area (Å²) in [7, 11) is 0. The fourth-order valence-electron chi connectivity index (χ4n) is 3.39. The van der Waals surface area contributed by atoms with Crippen LogP contribution >= 0.6 is 17.0 Å². The van der Waals surface area contributed by atoms with E-state index in [9.17, 15) is 5.11 Å². The molecule has 1 heterocycles. The number of aromatic nitrogens is 2. The first kappa shape index (κ1) is 20.9. The summed E-state index contributed by atoms with van der Waals surface area (Å²) in [4.78, 5) is 4.48. The number of halogens is 1. The monoisotopic (exact) mass is 453 g/mol. The molecule has 0 saturated heterocycles. The quantitative estimate of drug-likeness (QED) is 0.439. The van der Waals surface area contributed by atoms with E-state index in [0.717, 1.165) is 28.8 Å². The van der Waals surface area contributed by atoms with Gasteiger partial charge in [0.15, 0.2) is 0 Å². The van der Waals surface area contributed by atoms with Crippen LogP contribution in [0.4, 0.5) is 5.95 Å². The highest BCUT2D eigenvalue weighted by Gasteiger charge is 2.16. The Morgan fingerprint density at radius 2 is 1.62 bits per heavy atom. The van der Waals surface area contributed by atoms with Crippen LogP contribution in [0.25, 0.3) is 11.0 Å². The van der Waals surface area contributed by atoms with Crippen molar-refractivity contribution in [1.29, 1.82) is 0 Å². The molecule has 0 spiro atoms. The molecule has 1 atom stereocenters. The van der Waals surface area contributed by atoms with E-state index in [1.165, 1.54) is 5.56 Å². The highest BCUT2D eigenvalue weighted by Crippen LogP contribution is 2.24. The van der Waals surface area contributed by atoms with Gasteiger partial charge in [-0.2, -0.15) is 0 Å². The highest BCUT2D eigenvalue weighted by atomic mass is 79.9. The Balaban J connectivity index is 0.00000240. The van der Waals surface area contributed by atoms with E-state index in [-0.39, 0.29) is 23.6 Å². The maximum atomic E-state index is 10.5. The van der Waals surface area contributed by atoms with Gasteiger partial charge in [0.1, 0.15) is 18.5 Å². The number of aliphatic hydroxyl groups is 1. The zero-order chi connectivity index (χ0) is 19.3. The number of hydrogen-bond acceptors (Lipinski definition) is 4. The summed E-state index contributed by atoms with van der Waals surface area (Å²) in [5.41, 5.74) is 10.3. The van der Waals surface area contributed by atoms with Gasteiger partial charge in [-0.1, -0.05) is 60.7 Å². The van der Waals surface area contributed by atoms with E-state index >= 15 is 0 Å². The summed E-state index contributed by atoms with van der Waals surface area (Å²) in [6, 6.07) is 25.8. The Kier molecular flexibility index (Phi) is 6.90. The van der Waals surface area contributed by atoms with E-state index in [4.69, 9.17) is 10.5 Å². The molecular formula is C23H24BrN3O2. The number of fused-ring (bicyclic) bond motifs is 1. The fraction of sp³-hybridized carbons (Fsp3) is 0.174. The van der Waals surface area contributed by atoms with Crippen molar-refractivity contribution in [2.24, 2.45) is 0 Å². The second kappa shape index (κ2) is 9.58. The van der Waals surface area contributed by atoms with Crippen LogP contribution in [-0.4, -0.2) is 27.4 Å². The fourth-order valence-corrected chi connectivity index (χ4v) is 3.39. The van der Waals surface area contributed by atoms with Gasteiger partial charge in [-0.3, -0.25) is 0 Å². The van der Waals surface area contributed by atoms with E-state index in [1.807, 2.05) is 65.2 Å². The van der Waals surface area contributed by atoms with Gasteiger partial charge in [0.2, 0.25) is 5.95 Å². The Morgan fingerprint density at radius 3 is 2.34 bits per heavy atom. The Hall–Kier alpha value is -2.83. The molecule has 0 aliphatic heterocycles. The first-order valence-corrected chi connectivity index (χ1v) is 9.34. The van der Waals surface area contributed by atoms with Crippen LogP contribution in [0.15, 0.2) is 78.9 Å². The average Bonchev–Trinajstić information content (AvgIpc) is 3.04. The van der Waals surface area contributed by atoms with E-state index in [0.29, 0.717) is 12.5 Å². The van der Waals surface area contributed by atoms with Crippen LogP contribution in [0, 0.1) is 0 Å². The standard InChI is InChI=1S/C23H23N3O2.BrH/c24-23-25-21-13-7-10-18(14-17-8-3-1-4-9-17)22(21)26(23)15-19(27)16-28-20-11-5-2-6-12-20;/h1-13,19,27H,14-16H2,(H2,24,25);1H. The van der Waals surface area contributed by atoms with Crippen LogP contribution in [0.3, 0.4) is 0 Å². The van der Waals surface area contributed by atoms with Gasteiger partial charge in [0.05, 0.1) is 17.6 Å². The molecule has 0 bridgehead atoms. The van der Waals surface area contributed by atoms with Gasteiger partial charge in [-0.15, -0.1) is 17.0 Å². The molecule has 5 nitrogen and oxygen atoms in total. The van der Waals surface area contributed by atoms with E-state index in [1.54, 1.807) is 0 Å². The molecule has 1 unspecified atom stereocenters. The van der Waals surface area contributed by atoms with Gasteiger partial charge >= 0.3 is 0 Å². The number of nitrogens with zero attached hydrogens (tertiary/aromatic N) is 2. The van der Waals surface area contributed by atoms with Crippen LogP contribution in [0.5, 0.6) is 5.75 Å². The number of ether oxygens (including phenoxy) is 1. The predicted molar refractivity (Wildman–Crippen MR) is 122 cm³/mol. The normalized spacial score (nSPS) is 11.8. The number of nitrogen functional groups attached to an aromatic ring is 1. The largest absolute Gasteiger partial charge is 0.491 e. The Bertz CT molecular complexity index is 1050. The molecule has 0 aliphatic carbocycles. The molecular weight excluding hydrogens is 430 g/mol. The van der Waals surface area contributed by atoms with Gasteiger partial charge in [0, 0.05) is 0 Å². The molecule has 0 aliphatic rings. The smallest absolute Gasteiger partial charge is 0.201 e. The van der Waals surface area contributed by atoms with Gasteiger partial charge in [-0.25, -0.2) is 4.98 Å². The maximum Gasteiger partial charge on any atom is 0.201 e. The third-order valence-electron chi connectivity index (χ3n) is 4.70. The van der Waals surface area contributed by atoms with E-state index < -0.39 is 6.10 Å². The molecule has 4 aromatic rings. The second-order valence-corrected chi connectivity index (χ2v) is 6.81. The number of rotatable bonds is 7. The maximum absolute atomic E-state index is 10.5. The van der Waals surface area contributed by atoms with Crippen molar-refractivity contribution in [3.63, 3.8) is 0 Å². The molecule has 1 aromatic heterocycles. The van der Waals surface area contributed by atoms with Crippen molar-refractivity contribution in [3.05, 3.63) is 90.0 Å². The van der Waals surface area contributed by atoms with Crippen LogP contribution < -0.4 is 10.5 Å². The van der Waals surface area contributed by atoms with Gasteiger partial charge < -0.3 is 20.1 Å². The first-order chi connectivity index (χ1) is 13.7. The zero-order valence-corrected chi connectivity index (χ0v) is 17.7. The third kappa shape index (κ3) is 4.96. The summed E-state index contributed by atoms with van der Waals surface area (Å²) in [6.45, 7) is 0.505. The molecule has 4 rings (SSSR count). The molecule has 150 valence electrons. The molecule has 0 saturated carbocycles. The number of hydrogen-bond donors (Lipinski definition) is 2. The lowest BCUT2D eigenvalue weighted by molar-refractivity contribution is 0.0939. The lowest BCUT2D eigenvalue weighted by atomic mass is 10.0. The molecule has 0 radical (unpaired) electrons. The van der Waals surface area contributed by atoms with Crippen LogP contribution in [-0.2, 0) is 13.0 Å². The van der Waals surface area contributed by atoms with Crippen LogP contribution in [0.2, 0.25) is 0 Å². The minimum atomic E-state index is -0.704. The lowest BCUT2D eigenvalue weighted by Crippen LogP contribution is -2.24. The van der Waals surface area contributed by atoms with Gasteiger partial charge in [-0.05, 0) is 35.7 Å². The molecule has 0 fully saturated rings. The van der Waals surface area contributed by atoms with Gasteiger partial charge in [0.25, 0.3) is 0 Å². The van der Waals surface area contributed by atoms with Crippen molar-refractivity contribution in [1.82, 2.24) is 9.55 Å². The molecule has 0 amide bonds. The molecule has 3 aromatic carbocycles. The summed E-state index contributed by atoms with van der Waals surface area (Å²) in [6.07, 6.45) is 0.0737. The minimum absolute atomic E-state index is 0. The Morgan fingerprint density at radius 1 is 0.931 bits per heavy atom. The summed E-state index contributed by atoms with van der Waals surface area (Å²) >= 11 is 0. The van der Waals surface area contributed by atoms with Crippen molar-refractivity contribution in [2.45, 2.75) is 19.1 Å². The average molecular weight is 454 g/mol. The highest BCUT2D eigenvalue weighted by molar-refractivity contribution is 8.93. The third-order valence-corrected chi connectivity index (χ3v) is 4.70. The summed E-state index contributed by atoms with van der Waals surface area (Å²) in [5, 5.41) is 10.5.